The number of hydrogen-bond donors (Lipinski definition) is 1. The number of rotatable bonds is 5. The first-order valence-corrected chi connectivity index (χ1v) is 5.15. The van der Waals surface area contributed by atoms with Crippen LogP contribution in [-0.4, -0.2) is 30.2 Å². The first kappa shape index (κ1) is 16.0. The first-order valence-electron chi connectivity index (χ1n) is 5.15. The predicted molar refractivity (Wildman–Crippen MR) is 58.3 cm³/mol. The molecule has 0 aromatic heterocycles. The molecule has 0 radical (unpaired) electrons. The summed E-state index contributed by atoms with van der Waals surface area (Å²) in [5.74, 6) is 0.813. The minimum atomic E-state index is -0.319. The van der Waals surface area contributed by atoms with E-state index in [-0.39, 0.29) is 11.9 Å². The maximum atomic E-state index is 10.3. The minimum absolute atomic E-state index is 0.287. The van der Waals surface area contributed by atoms with Crippen LogP contribution in [0.3, 0.4) is 0 Å². The molecule has 0 amide bonds. The van der Waals surface area contributed by atoms with Gasteiger partial charge in [-0.25, -0.2) is 0 Å². The lowest BCUT2D eigenvalue weighted by molar-refractivity contribution is -0.117. The van der Waals surface area contributed by atoms with Gasteiger partial charge in [-0.05, 0) is 26.7 Å². The number of ether oxygens (including phenoxy) is 1. The fourth-order valence-electron chi connectivity index (χ4n) is 0.863. The largest absolute Gasteiger partial charge is 0.391 e. The van der Waals surface area contributed by atoms with E-state index < -0.39 is 0 Å². The van der Waals surface area contributed by atoms with Gasteiger partial charge in [-0.1, -0.05) is 13.8 Å². The smallest absolute Gasteiger partial charge is 0.130 e. The summed E-state index contributed by atoms with van der Waals surface area (Å²) in [5, 5.41) is 8.56. The average molecular weight is 204 g/mol. The highest BCUT2D eigenvalue weighted by Crippen LogP contribution is 1.97. The van der Waals surface area contributed by atoms with Gasteiger partial charge in [0.2, 0.25) is 0 Å². The summed E-state index contributed by atoms with van der Waals surface area (Å²) in [6.45, 7) is 10.5. The van der Waals surface area contributed by atoms with E-state index in [0.29, 0.717) is 19.1 Å². The van der Waals surface area contributed by atoms with Crippen LogP contribution in [0.5, 0.6) is 0 Å². The van der Waals surface area contributed by atoms with Crippen molar-refractivity contribution in [3.63, 3.8) is 0 Å². The molecule has 0 aromatic rings. The van der Waals surface area contributed by atoms with Crippen LogP contribution in [-0.2, 0) is 9.53 Å². The molecular weight excluding hydrogens is 180 g/mol. The summed E-state index contributed by atoms with van der Waals surface area (Å²) in [6, 6.07) is 0. The van der Waals surface area contributed by atoms with Crippen molar-refractivity contribution in [3.05, 3.63) is 0 Å². The molecular formula is C11H24O3. The molecule has 0 spiro atoms. The maximum absolute atomic E-state index is 10.3. The molecule has 86 valence electrons. The van der Waals surface area contributed by atoms with Crippen molar-refractivity contribution < 1.29 is 14.6 Å². The Hall–Kier alpha value is -0.410. The Labute approximate surface area is 87.5 Å². The number of aliphatic hydroxyl groups excluding tert-OH is 1. The molecule has 0 aliphatic heterocycles. The van der Waals surface area contributed by atoms with Crippen LogP contribution in [0, 0.1) is 5.92 Å². The quantitative estimate of drug-likeness (QED) is 0.745. The SMILES string of the molecule is CC(=O)CC(C)C.CCOCC(C)O. The van der Waals surface area contributed by atoms with E-state index in [1.807, 2.05) is 20.8 Å². The van der Waals surface area contributed by atoms with Gasteiger partial charge in [-0.15, -0.1) is 0 Å². The van der Waals surface area contributed by atoms with Gasteiger partial charge in [0, 0.05) is 13.0 Å². The Bertz CT molecular complexity index is 130. The third kappa shape index (κ3) is 22.6. The molecule has 0 rings (SSSR count). The van der Waals surface area contributed by atoms with Crippen LogP contribution < -0.4 is 0 Å². The molecule has 0 aliphatic carbocycles. The number of Topliss-reactive ketones (excluding diaryl/α,β-unsaturated/α-hetero) is 1. The van der Waals surface area contributed by atoms with Crippen LogP contribution >= 0.6 is 0 Å². The van der Waals surface area contributed by atoms with Gasteiger partial charge in [0.1, 0.15) is 5.78 Å². The highest BCUT2D eigenvalue weighted by atomic mass is 16.5. The summed E-state index contributed by atoms with van der Waals surface area (Å²) >= 11 is 0. The number of aliphatic hydroxyl groups is 1. The third-order valence-corrected chi connectivity index (χ3v) is 1.26. The Morgan fingerprint density at radius 3 is 1.93 bits per heavy atom. The van der Waals surface area contributed by atoms with Crippen LogP contribution in [0.15, 0.2) is 0 Å². The highest BCUT2D eigenvalue weighted by molar-refractivity contribution is 5.75. The van der Waals surface area contributed by atoms with E-state index in [9.17, 15) is 4.79 Å². The summed E-state index contributed by atoms with van der Waals surface area (Å²) in [7, 11) is 0. The maximum Gasteiger partial charge on any atom is 0.130 e. The monoisotopic (exact) mass is 204 g/mol. The van der Waals surface area contributed by atoms with E-state index >= 15 is 0 Å². The number of hydrogen-bond acceptors (Lipinski definition) is 3. The molecule has 0 aromatic carbocycles. The molecule has 0 bridgehead atoms. The van der Waals surface area contributed by atoms with E-state index in [0.717, 1.165) is 6.42 Å². The fraction of sp³-hybridized carbons (Fsp3) is 0.909. The summed E-state index contributed by atoms with van der Waals surface area (Å²) in [4.78, 5) is 10.3. The second-order valence-corrected chi connectivity index (χ2v) is 3.81. The Balaban J connectivity index is 0. The van der Waals surface area contributed by atoms with Crippen LogP contribution in [0.1, 0.15) is 41.0 Å². The summed E-state index contributed by atoms with van der Waals surface area (Å²) in [6.07, 6.45) is 0.403. The van der Waals surface area contributed by atoms with Crippen molar-refractivity contribution in [2.75, 3.05) is 13.2 Å². The molecule has 0 aliphatic rings. The van der Waals surface area contributed by atoms with Crippen molar-refractivity contribution in [1.82, 2.24) is 0 Å². The van der Waals surface area contributed by atoms with Gasteiger partial charge < -0.3 is 14.6 Å². The van der Waals surface area contributed by atoms with Gasteiger partial charge in [0.05, 0.1) is 12.7 Å². The lowest BCUT2D eigenvalue weighted by Gasteiger charge is -2.00. The molecule has 0 saturated heterocycles. The van der Waals surface area contributed by atoms with E-state index in [1.54, 1.807) is 13.8 Å². The zero-order valence-corrected chi connectivity index (χ0v) is 10.0. The normalized spacial score (nSPS) is 11.9. The van der Waals surface area contributed by atoms with Gasteiger partial charge in [0.15, 0.2) is 0 Å². The van der Waals surface area contributed by atoms with Crippen LogP contribution in [0.4, 0.5) is 0 Å². The van der Waals surface area contributed by atoms with E-state index in [2.05, 4.69) is 0 Å². The molecule has 1 atom stereocenters. The van der Waals surface area contributed by atoms with Crippen molar-refractivity contribution >= 4 is 5.78 Å². The molecule has 3 heteroatoms. The van der Waals surface area contributed by atoms with Gasteiger partial charge in [0.25, 0.3) is 0 Å². The molecule has 3 nitrogen and oxygen atoms in total. The van der Waals surface area contributed by atoms with E-state index in [1.165, 1.54) is 0 Å². The summed E-state index contributed by atoms with van der Waals surface area (Å²) in [5.41, 5.74) is 0. The Kier molecular flexibility index (Phi) is 12.2. The Morgan fingerprint density at radius 1 is 1.36 bits per heavy atom. The second-order valence-electron chi connectivity index (χ2n) is 3.81. The fourth-order valence-corrected chi connectivity index (χ4v) is 0.863. The lowest BCUT2D eigenvalue weighted by atomic mass is 10.1. The number of carbonyl (C=O) groups is 1. The molecule has 0 saturated carbocycles. The van der Waals surface area contributed by atoms with Gasteiger partial charge in [-0.3, -0.25) is 0 Å². The standard InChI is InChI=1S/C6H12O.C5H12O2/c1-5(2)4-6(3)7;1-3-7-4-5(2)6/h5H,4H2,1-3H3;5-6H,3-4H2,1-2H3. The third-order valence-electron chi connectivity index (χ3n) is 1.26. The van der Waals surface area contributed by atoms with Crippen molar-refractivity contribution in [3.8, 4) is 0 Å². The predicted octanol–water partition coefficient (Wildman–Crippen LogP) is 2.03. The lowest BCUT2D eigenvalue weighted by Crippen LogP contribution is -2.09. The van der Waals surface area contributed by atoms with Crippen LogP contribution in [0.25, 0.3) is 0 Å². The minimum Gasteiger partial charge on any atom is -0.391 e. The Morgan fingerprint density at radius 2 is 1.86 bits per heavy atom. The first-order chi connectivity index (χ1) is 6.40. The topological polar surface area (TPSA) is 46.5 Å². The molecule has 0 heterocycles. The molecule has 0 fully saturated rings. The van der Waals surface area contributed by atoms with Crippen LogP contribution in [0.2, 0.25) is 0 Å². The highest BCUT2D eigenvalue weighted by Gasteiger charge is 1.95. The van der Waals surface area contributed by atoms with Gasteiger partial charge >= 0.3 is 0 Å². The van der Waals surface area contributed by atoms with Crippen molar-refractivity contribution in [1.29, 1.82) is 0 Å². The summed E-state index contributed by atoms with van der Waals surface area (Å²) < 4.78 is 4.84. The zero-order chi connectivity index (χ0) is 11.6. The van der Waals surface area contributed by atoms with Gasteiger partial charge in [-0.2, -0.15) is 0 Å². The number of carbonyl (C=O) groups excluding carboxylic acids is 1. The average Bonchev–Trinajstić information content (AvgIpc) is 1.99. The molecule has 1 unspecified atom stereocenters. The molecule has 1 N–H and O–H groups in total. The zero-order valence-electron chi connectivity index (χ0n) is 10.0. The number of ketones is 1. The second kappa shape index (κ2) is 10.7. The van der Waals surface area contributed by atoms with Crippen molar-refractivity contribution in [2.24, 2.45) is 5.92 Å². The molecule has 14 heavy (non-hydrogen) atoms. The van der Waals surface area contributed by atoms with Crippen molar-refractivity contribution in [2.45, 2.75) is 47.1 Å². The van der Waals surface area contributed by atoms with E-state index in [4.69, 9.17) is 9.84 Å².